The second-order valence-electron chi connectivity index (χ2n) is 5.98. The van der Waals surface area contributed by atoms with Crippen molar-refractivity contribution in [1.29, 1.82) is 0 Å². The van der Waals surface area contributed by atoms with Gasteiger partial charge < -0.3 is 5.73 Å². The molecule has 0 radical (unpaired) electrons. The minimum absolute atomic E-state index is 0.138. The Labute approximate surface area is 119 Å². The van der Waals surface area contributed by atoms with Crippen LogP contribution in [0.2, 0.25) is 0 Å². The van der Waals surface area contributed by atoms with Gasteiger partial charge in [0.25, 0.3) is 0 Å². The van der Waals surface area contributed by atoms with E-state index in [0.29, 0.717) is 5.75 Å². The van der Waals surface area contributed by atoms with E-state index in [9.17, 15) is 8.42 Å². The summed E-state index contributed by atoms with van der Waals surface area (Å²) in [6, 6.07) is -0.138. The van der Waals surface area contributed by atoms with Crippen LogP contribution in [0.25, 0.3) is 0 Å². The zero-order valence-corrected chi connectivity index (χ0v) is 13.3. The van der Waals surface area contributed by atoms with Gasteiger partial charge in [0.1, 0.15) is 0 Å². The summed E-state index contributed by atoms with van der Waals surface area (Å²) >= 11 is 0. The maximum atomic E-state index is 12.0. The highest BCUT2D eigenvalue weighted by Gasteiger charge is 2.33. The summed E-state index contributed by atoms with van der Waals surface area (Å²) in [5, 5.41) is -0.263. The Hall–Kier alpha value is -0.0900. The predicted octanol–water partition coefficient (Wildman–Crippen LogP) is 3.42. The molecule has 3 nitrogen and oxygen atoms in total. The topological polar surface area (TPSA) is 60.2 Å². The number of hydrogen-bond donors (Lipinski definition) is 1. The third-order valence-electron chi connectivity index (χ3n) is 4.25. The Balaban J connectivity index is 2.15. The van der Waals surface area contributed by atoms with Gasteiger partial charge in [-0.25, -0.2) is 8.42 Å². The molecule has 1 saturated heterocycles. The van der Waals surface area contributed by atoms with Gasteiger partial charge >= 0.3 is 0 Å². The molecule has 0 aromatic heterocycles. The summed E-state index contributed by atoms with van der Waals surface area (Å²) in [6.45, 7) is 2.23. The molecule has 0 aromatic rings. The van der Waals surface area contributed by atoms with Crippen molar-refractivity contribution in [3.05, 3.63) is 0 Å². The van der Waals surface area contributed by atoms with Gasteiger partial charge in [-0.3, -0.25) is 0 Å². The van der Waals surface area contributed by atoms with Crippen LogP contribution in [-0.4, -0.2) is 25.5 Å². The molecule has 1 rings (SSSR count). The van der Waals surface area contributed by atoms with Gasteiger partial charge in [-0.05, 0) is 19.3 Å². The first-order valence-electron chi connectivity index (χ1n) is 8.05. The molecule has 1 aliphatic rings. The van der Waals surface area contributed by atoms with Gasteiger partial charge in [-0.15, -0.1) is 0 Å². The molecule has 0 amide bonds. The number of nitrogens with two attached hydrogens (primary N) is 1. The van der Waals surface area contributed by atoms with Crippen molar-refractivity contribution in [2.45, 2.75) is 88.8 Å². The van der Waals surface area contributed by atoms with Gasteiger partial charge in [-0.1, -0.05) is 58.3 Å². The second kappa shape index (κ2) is 8.96. The quantitative estimate of drug-likeness (QED) is 0.662. The molecule has 2 N–H and O–H groups in total. The molecule has 0 bridgehead atoms. The van der Waals surface area contributed by atoms with E-state index in [2.05, 4.69) is 6.92 Å². The van der Waals surface area contributed by atoms with Crippen LogP contribution in [0.5, 0.6) is 0 Å². The number of sulfone groups is 1. The fourth-order valence-corrected chi connectivity index (χ4v) is 5.09. The molecule has 1 fully saturated rings. The first-order valence-corrected chi connectivity index (χ1v) is 9.76. The van der Waals surface area contributed by atoms with E-state index in [1.807, 2.05) is 0 Å². The van der Waals surface area contributed by atoms with Crippen molar-refractivity contribution in [3.8, 4) is 0 Å². The van der Waals surface area contributed by atoms with E-state index < -0.39 is 9.84 Å². The fourth-order valence-electron chi connectivity index (χ4n) is 2.98. The van der Waals surface area contributed by atoms with Gasteiger partial charge in [0.05, 0.1) is 11.0 Å². The maximum Gasteiger partial charge on any atom is 0.154 e. The van der Waals surface area contributed by atoms with E-state index in [1.165, 1.54) is 38.5 Å². The van der Waals surface area contributed by atoms with Gasteiger partial charge in [0.2, 0.25) is 0 Å². The molecule has 19 heavy (non-hydrogen) atoms. The van der Waals surface area contributed by atoms with E-state index in [0.717, 1.165) is 32.1 Å². The van der Waals surface area contributed by atoms with Crippen LogP contribution >= 0.6 is 0 Å². The van der Waals surface area contributed by atoms with Crippen LogP contribution in [0.1, 0.15) is 77.6 Å². The Kier molecular flexibility index (Phi) is 8.00. The molecular formula is C15H31NO2S. The molecule has 1 aliphatic heterocycles. The van der Waals surface area contributed by atoms with E-state index in [4.69, 9.17) is 5.73 Å². The molecule has 1 heterocycles. The van der Waals surface area contributed by atoms with Crippen LogP contribution in [0.3, 0.4) is 0 Å². The third kappa shape index (κ3) is 6.26. The molecule has 2 atom stereocenters. The largest absolute Gasteiger partial charge is 0.327 e. The number of hydrogen-bond acceptors (Lipinski definition) is 3. The fraction of sp³-hybridized carbons (Fsp3) is 1.00. The molecular weight excluding hydrogens is 258 g/mol. The monoisotopic (exact) mass is 289 g/mol. The van der Waals surface area contributed by atoms with Crippen LogP contribution < -0.4 is 5.73 Å². The summed E-state index contributed by atoms with van der Waals surface area (Å²) in [4.78, 5) is 0. The SMILES string of the molecule is CCCCCCCCCC(N)C1CCCCS1(=O)=O. The average molecular weight is 289 g/mol. The lowest BCUT2D eigenvalue weighted by Crippen LogP contribution is -2.43. The molecule has 0 saturated carbocycles. The minimum Gasteiger partial charge on any atom is -0.327 e. The van der Waals surface area contributed by atoms with Crippen molar-refractivity contribution in [3.63, 3.8) is 0 Å². The lowest BCUT2D eigenvalue weighted by atomic mass is 10.0. The lowest BCUT2D eigenvalue weighted by Gasteiger charge is -2.27. The van der Waals surface area contributed by atoms with Gasteiger partial charge in [0.15, 0.2) is 9.84 Å². The number of rotatable bonds is 9. The van der Waals surface area contributed by atoms with Crippen LogP contribution in [0.4, 0.5) is 0 Å². The number of unbranched alkanes of at least 4 members (excludes halogenated alkanes) is 6. The smallest absolute Gasteiger partial charge is 0.154 e. The molecule has 4 heteroatoms. The van der Waals surface area contributed by atoms with E-state index >= 15 is 0 Å². The van der Waals surface area contributed by atoms with Gasteiger partial charge in [-0.2, -0.15) is 0 Å². The zero-order valence-electron chi connectivity index (χ0n) is 12.4. The summed E-state index contributed by atoms with van der Waals surface area (Å²) in [6.07, 6.45) is 12.3. The second-order valence-corrected chi connectivity index (χ2v) is 8.31. The normalized spacial score (nSPS) is 24.2. The Morgan fingerprint density at radius 2 is 1.68 bits per heavy atom. The van der Waals surface area contributed by atoms with Crippen molar-refractivity contribution < 1.29 is 8.42 Å². The highest BCUT2D eigenvalue weighted by atomic mass is 32.2. The van der Waals surface area contributed by atoms with Crippen molar-refractivity contribution in [2.24, 2.45) is 5.73 Å². The van der Waals surface area contributed by atoms with Crippen LogP contribution in [0.15, 0.2) is 0 Å². The first-order chi connectivity index (χ1) is 9.08. The highest BCUT2D eigenvalue weighted by Crippen LogP contribution is 2.23. The van der Waals surface area contributed by atoms with Crippen molar-refractivity contribution in [1.82, 2.24) is 0 Å². The zero-order chi connectivity index (χ0) is 14.1. The highest BCUT2D eigenvalue weighted by molar-refractivity contribution is 7.92. The first kappa shape index (κ1) is 17.0. The molecule has 114 valence electrons. The predicted molar refractivity (Wildman–Crippen MR) is 82.0 cm³/mol. The van der Waals surface area contributed by atoms with Crippen LogP contribution in [0, 0.1) is 0 Å². The Morgan fingerprint density at radius 1 is 1.05 bits per heavy atom. The molecule has 2 unspecified atom stereocenters. The standard InChI is InChI=1S/C15H31NO2S/c1-2-3-4-5-6-7-8-11-14(16)15-12-9-10-13-19(15,17)18/h14-15H,2-13,16H2,1H3. The summed E-state index contributed by atoms with van der Waals surface area (Å²) < 4.78 is 23.9. The van der Waals surface area contributed by atoms with E-state index in [-0.39, 0.29) is 11.3 Å². The molecule has 0 spiro atoms. The molecule has 0 aliphatic carbocycles. The van der Waals surface area contributed by atoms with Gasteiger partial charge in [0, 0.05) is 6.04 Å². The minimum atomic E-state index is -2.90. The van der Waals surface area contributed by atoms with Crippen molar-refractivity contribution >= 4 is 9.84 Å². The Morgan fingerprint density at radius 3 is 2.32 bits per heavy atom. The third-order valence-corrected chi connectivity index (χ3v) is 6.61. The maximum absolute atomic E-state index is 12.0. The van der Waals surface area contributed by atoms with Crippen molar-refractivity contribution in [2.75, 3.05) is 5.75 Å². The average Bonchev–Trinajstić information content (AvgIpc) is 2.37. The summed E-state index contributed by atoms with van der Waals surface area (Å²) in [5.74, 6) is 0.350. The summed E-state index contributed by atoms with van der Waals surface area (Å²) in [7, 11) is -2.90. The molecule has 0 aromatic carbocycles. The Bertz CT molecular complexity index is 327. The van der Waals surface area contributed by atoms with E-state index in [1.54, 1.807) is 0 Å². The summed E-state index contributed by atoms with van der Waals surface area (Å²) in [5.41, 5.74) is 6.11. The van der Waals surface area contributed by atoms with Crippen LogP contribution in [-0.2, 0) is 9.84 Å². The lowest BCUT2D eigenvalue weighted by molar-refractivity contribution is 0.462.